The molecular formula is C19H13F3N4O. The lowest BCUT2D eigenvalue weighted by Crippen LogP contribution is -2.14. The number of benzene rings is 2. The van der Waals surface area contributed by atoms with Gasteiger partial charge in [0.1, 0.15) is 5.82 Å². The molecule has 0 saturated carbocycles. The lowest BCUT2D eigenvalue weighted by molar-refractivity contribution is -0.137. The number of aromatic amines is 1. The summed E-state index contributed by atoms with van der Waals surface area (Å²) >= 11 is 0. The van der Waals surface area contributed by atoms with Crippen LogP contribution in [0, 0.1) is 0 Å². The van der Waals surface area contributed by atoms with Gasteiger partial charge in [0.2, 0.25) is 0 Å². The highest BCUT2D eigenvalue weighted by Crippen LogP contribution is 2.29. The van der Waals surface area contributed by atoms with E-state index < -0.39 is 17.3 Å². The minimum absolute atomic E-state index is 0.0792. The van der Waals surface area contributed by atoms with E-state index >= 15 is 0 Å². The Labute approximate surface area is 151 Å². The summed E-state index contributed by atoms with van der Waals surface area (Å²) in [4.78, 5) is 23.7. The number of fused-ring (bicyclic) bond motifs is 1. The first-order chi connectivity index (χ1) is 12.9. The van der Waals surface area contributed by atoms with Crippen molar-refractivity contribution < 1.29 is 13.2 Å². The smallest absolute Gasteiger partial charge is 0.320 e. The van der Waals surface area contributed by atoms with Crippen molar-refractivity contribution in [3.8, 4) is 11.4 Å². The first-order valence-corrected chi connectivity index (χ1v) is 8.08. The molecule has 0 bridgehead atoms. The summed E-state index contributed by atoms with van der Waals surface area (Å²) in [6, 6.07) is 14.1. The zero-order chi connectivity index (χ0) is 19.0. The molecule has 1 N–H and O–H groups in total. The average molecular weight is 370 g/mol. The van der Waals surface area contributed by atoms with Crippen LogP contribution in [0.4, 0.5) is 13.2 Å². The second kappa shape index (κ2) is 6.39. The Morgan fingerprint density at radius 1 is 1.04 bits per heavy atom. The van der Waals surface area contributed by atoms with Gasteiger partial charge in [0.05, 0.1) is 11.9 Å². The minimum atomic E-state index is -4.42. The van der Waals surface area contributed by atoms with Crippen molar-refractivity contribution in [3.63, 3.8) is 0 Å². The molecule has 2 aromatic heterocycles. The summed E-state index contributed by atoms with van der Waals surface area (Å²) in [5.41, 5.74) is 0.474. The highest BCUT2D eigenvalue weighted by Gasteiger charge is 2.30. The van der Waals surface area contributed by atoms with Crippen LogP contribution in [0.15, 0.2) is 65.7 Å². The molecule has 2 aromatic carbocycles. The predicted molar refractivity (Wildman–Crippen MR) is 94.1 cm³/mol. The van der Waals surface area contributed by atoms with Gasteiger partial charge in [-0.05, 0) is 17.7 Å². The van der Waals surface area contributed by atoms with Crippen molar-refractivity contribution in [2.75, 3.05) is 0 Å². The third-order valence-corrected chi connectivity index (χ3v) is 4.14. The zero-order valence-electron chi connectivity index (χ0n) is 13.9. The second-order valence-corrected chi connectivity index (χ2v) is 6.02. The molecule has 0 radical (unpaired) electrons. The number of aromatic nitrogens is 4. The normalized spacial score (nSPS) is 11.8. The molecule has 5 nitrogen and oxygen atoms in total. The summed E-state index contributed by atoms with van der Waals surface area (Å²) < 4.78 is 40.1. The van der Waals surface area contributed by atoms with Crippen molar-refractivity contribution in [2.24, 2.45) is 0 Å². The largest absolute Gasteiger partial charge is 0.416 e. The number of imidazole rings is 1. The Hall–Kier alpha value is -3.42. The van der Waals surface area contributed by atoms with Gasteiger partial charge >= 0.3 is 6.18 Å². The Morgan fingerprint density at radius 2 is 1.81 bits per heavy atom. The van der Waals surface area contributed by atoms with E-state index in [1.165, 1.54) is 17.0 Å². The molecule has 136 valence electrons. The van der Waals surface area contributed by atoms with Crippen LogP contribution in [0.3, 0.4) is 0 Å². The van der Waals surface area contributed by atoms with Crippen LogP contribution in [0.5, 0.6) is 0 Å². The van der Waals surface area contributed by atoms with Gasteiger partial charge < -0.3 is 9.55 Å². The van der Waals surface area contributed by atoms with E-state index in [0.717, 1.165) is 17.7 Å². The maximum atomic E-state index is 12.9. The first kappa shape index (κ1) is 17.0. The highest BCUT2D eigenvalue weighted by atomic mass is 19.4. The molecule has 0 spiro atoms. The number of alkyl halides is 3. The molecule has 27 heavy (non-hydrogen) atoms. The topological polar surface area (TPSA) is 63.6 Å². The van der Waals surface area contributed by atoms with Crippen LogP contribution in [0.1, 0.15) is 11.1 Å². The summed E-state index contributed by atoms with van der Waals surface area (Å²) in [5, 5.41) is 0. The van der Waals surface area contributed by atoms with Gasteiger partial charge in [0, 0.05) is 12.1 Å². The van der Waals surface area contributed by atoms with Crippen LogP contribution >= 0.6 is 0 Å². The summed E-state index contributed by atoms with van der Waals surface area (Å²) in [5.74, 6) is 0.386. The maximum absolute atomic E-state index is 12.9. The Morgan fingerprint density at radius 3 is 2.56 bits per heavy atom. The Balaban J connectivity index is 1.73. The number of rotatable bonds is 3. The molecule has 0 atom stereocenters. The molecule has 4 rings (SSSR count). The second-order valence-electron chi connectivity index (χ2n) is 6.02. The molecule has 2 heterocycles. The number of halogens is 3. The van der Waals surface area contributed by atoms with E-state index in [2.05, 4.69) is 15.0 Å². The fourth-order valence-electron chi connectivity index (χ4n) is 2.88. The van der Waals surface area contributed by atoms with Crippen LogP contribution in [0.25, 0.3) is 22.6 Å². The van der Waals surface area contributed by atoms with Crippen molar-refractivity contribution >= 4 is 11.2 Å². The third kappa shape index (κ3) is 3.33. The van der Waals surface area contributed by atoms with E-state index in [1.807, 2.05) is 30.3 Å². The average Bonchev–Trinajstić information content (AvgIpc) is 3.05. The van der Waals surface area contributed by atoms with Crippen molar-refractivity contribution in [1.29, 1.82) is 0 Å². The first-order valence-electron chi connectivity index (χ1n) is 8.08. The quantitative estimate of drug-likeness (QED) is 0.596. The van der Waals surface area contributed by atoms with Crippen LogP contribution < -0.4 is 5.56 Å². The SMILES string of the molecule is O=c1[nH]c(-c2ccccc2)nc2ncn(Cc3cccc(C(F)(F)F)c3)c12. The number of hydrogen-bond acceptors (Lipinski definition) is 3. The van der Waals surface area contributed by atoms with E-state index in [-0.39, 0.29) is 17.7 Å². The molecule has 0 fully saturated rings. The molecule has 4 aromatic rings. The monoisotopic (exact) mass is 370 g/mol. The summed E-state index contributed by atoms with van der Waals surface area (Å²) in [6.45, 7) is 0.0792. The summed E-state index contributed by atoms with van der Waals surface area (Å²) in [6.07, 6.45) is -3.02. The molecule has 8 heteroatoms. The van der Waals surface area contributed by atoms with Crippen LogP contribution in [-0.4, -0.2) is 19.5 Å². The van der Waals surface area contributed by atoms with Gasteiger partial charge in [0.15, 0.2) is 11.2 Å². The number of hydrogen-bond donors (Lipinski definition) is 1. The Bertz CT molecular complexity index is 1160. The van der Waals surface area contributed by atoms with Crippen molar-refractivity contribution in [2.45, 2.75) is 12.7 Å². The summed E-state index contributed by atoms with van der Waals surface area (Å²) in [7, 11) is 0. The predicted octanol–water partition coefficient (Wildman–Crippen LogP) is 3.85. The lowest BCUT2D eigenvalue weighted by Gasteiger charge is -2.09. The van der Waals surface area contributed by atoms with Gasteiger partial charge in [-0.15, -0.1) is 0 Å². The van der Waals surface area contributed by atoms with Crippen LogP contribution in [-0.2, 0) is 12.7 Å². The molecule has 0 saturated heterocycles. The van der Waals surface area contributed by atoms with Crippen molar-refractivity contribution in [3.05, 3.63) is 82.4 Å². The zero-order valence-corrected chi connectivity index (χ0v) is 13.9. The third-order valence-electron chi connectivity index (χ3n) is 4.14. The lowest BCUT2D eigenvalue weighted by atomic mass is 10.1. The number of nitrogens with one attached hydrogen (secondary N) is 1. The van der Waals surface area contributed by atoms with Gasteiger partial charge in [0.25, 0.3) is 5.56 Å². The molecule has 0 amide bonds. The van der Waals surface area contributed by atoms with Crippen LogP contribution in [0.2, 0.25) is 0 Å². The van der Waals surface area contributed by atoms with Gasteiger partial charge in [-0.25, -0.2) is 9.97 Å². The number of nitrogens with zero attached hydrogens (tertiary/aromatic N) is 3. The standard InChI is InChI=1S/C19H13F3N4O/c20-19(21,22)14-8-4-5-12(9-14)10-26-11-23-17-15(26)18(27)25-16(24-17)13-6-2-1-3-7-13/h1-9,11H,10H2,(H,24,25,27). The Kier molecular flexibility index (Phi) is 4.02. The van der Waals surface area contributed by atoms with E-state index in [4.69, 9.17) is 0 Å². The van der Waals surface area contributed by atoms with Gasteiger partial charge in [-0.2, -0.15) is 13.2 Å². The van der Waals surface area contributed by atoms with Gasteiger partial charge in [-0.1, -0.05) is 42.5 Å². The molecule has 0 aliphatic heterocycles. The maximum Gasteiger partial charge on any atom is 0.416 e. The molecular weight excluding hydrogens is 357 g/mol. The molecule has 0 aliphatic rings. The fraction of sp³-hybridized carbons (Fsp3) is 0.105. The molecule has 0 aliphatic carbocycles. The van der Waals surface area contributed by atoms with E-state index in [9.17, 15) is 18.0 Å². The molecule has 0 unspecified atom stereocenters. The van der Waals surface area contributed by atoms with E-state index in [0.29, 0.717) is 11.4 Å². The van der Waals surface area contributed by atoms with Crippen molar-refractivity contribution in [1.82, 2.24) is 19.5 Å². The van der Waals surface area contributed by atoms with E-state index in [1.54, 1.807) is 6.07 Å². The highest BCUT2D eigenvalue weighted by molar-refractivity contribution is 5.72. The minimum Gasteiger partial charge on any atom is -0.320 e. The number of H-pyrrole nitrogens is 1. The fourth-order valence-corrected chi connectivity index (χ4v) is 2.88. The van der Waals surface area contributed by atoms with Gasteiger partial charge in [-0.3, -0.25) is 4.79 Å².